The third-order valence-electron chi connectivity index (χ3n) is 3.51. The van der Waals surface area contributed by atoms with Crippen molar-refractivity contribution in [3.8, 4) is 0 Å². The van der Waals surface area contributed by atoms with Crippen molar-refractivity contribution in [2.45, 2.75) is 12.3 Å². The highest BCUT2D eigenvalue weighted by Gasteiger charge is 2.26. The number of hydrogen-bond acceptors (Lipinski definition) is 2. The number of nitrogens with zero attached hydrogens (tertiary/aromatic N) is 1. The van der Waals surface area contributed by atoms with E-state index in [9.17, 15) is 9.59 Å². The smallest absolute Gasteiger partial charge is 0.200 e. The maximum absolute atomic E-state index is 12.2. The van der Waals surface area contributed by atoms with Gasteiger partial charge in [0.05, 0.1) is 11.2 Å². The Morgan fingerprint density at radius 3 is 2.50 bits per heavy atom. The van der Waals surface area contributed by atoms with E-state index in [1.165, 1.54) is 0 Å². The first-order valence-corrected chi connectivity index (χ1v) is 7.62. The molecule has 102 valence electrons. The Morgan fingerprint density at radius 2 is 2.00 bits per heavy atom. The Labute approximate surface area is 128 Å². The van der Waals surface area contributed by atoms with Crippen LogP contribution in [0.3, 0.4) is 0 Å². The Morgan fingerprint density at radius 1 is 1.30 bits per heavy atom. The fourth-order valence-corrected chi connectivity index (χ4v) is 2.80. The summed E-state index contributed by atoms with van der Waals surface area (Å²) in [5, 5.41) is 0.323. The Balaban J connectivity index is 2.25. The van der Waals surface area contributed by atoms with Gasteiger partial charge in [-0.2, -0.15) is 0 Å². The first kappa shape index (κ1) is 15.0. The van der Waals surface area contributed by atoms with Gasteiger partial charge in [-0.25, -0.2) is 0 Å². The first-order chi connectivity index (χ1) is 9.63. The van der Waals surface area contributed by atoms with Gasteiger partial charge in [-0.05, 0) is 12.0 Å². The molecule has 1 aliphatic heterocycles. The number of Topliss-reactive ketones (excluding diaryl/α,β-unsaturated/α-hetero) is 1. The first-order valence-electron chi connectivity index (χ1n) is 6.50. The maximum Gasteiger partial charge on any atom is 0.200 e. The third-order valence-corrected chi connectivity index (χ3v) is 4.07. The summed E-state index contributed by atoms with van der Waals surface area (Å²) in [6, 6.07) is 9.73. The van der Waals surface area contributed by atoms with E-state index in [0.29, 0.717) is 24.8 Å². The molecule has 1 aliphatic rings. The molecule has 1 heterocycles. The number of ketones is 1. The molecule has 0 bridgehead atoms. The van der Waals surface area contributed by atoms with Crippen molar-refractivity contribution in [1.29, 1.82) is 0 Å². The fourth-order valence-electron chi connectivity index (χ4n) is 2.48. The average Bonchev–Trinajstić information content (AvgIpc) is 2.49. The molecule has 0 saturated carbocycles. The van der Waals surface area contributed by atoms with Gasteiger partial charge >= 0.3 is 0 Å². The number of carbonyl (C=O) groups is 2. The number of amides is 1. The monoisotopic (exact) mass is 331 g/mol. The molecule has 1 unspecified atom stereocenters. The van der Waals surface area contributed by atoms with Crippen LogP contribution in [0.5, 0.6) is 0 Å². The molecule has 1 aromatic carbocycles. The molecule has 0 saturated heterocycles. The fraction of sp³-hybridized carbons (Fsp3) is 0.333. The van der Waals surface area contributed by atoms with Crippen LogP contribution >= 0.6 is 15.9 Å². The van der Waals surface area contributed by atoms with Gasteiger partial charge in [-0.1, -0.05) is 57.9 Å². The van der Waals surface area contributed by atoms with Crippen LogP contribution < -0.4 is 0 Å². The second kappa shape index (κ2) is 6.89. The summed E-state index contributed by atoms with van der Waals surface area (Å²) in [5.74, 6) is -0.510. The second-order valence-electron chi connectivity index (χ2n) is 4.76. The number of hydrogen-bond donors (Lipinski definition) is 0. The molecule has 5 heteroatoms. The van der Waals surface area contributed by atoms with Crippen molar-refractivity contribution in [2.24, 2.45) is 0 Å². The van der Waals surface area contributed by atoms with Gasteiger partial charge in [0.2, 0.25) is 7.85 Å². The molecule has 0 fully saturated rings. The van der Waals surface area contributed by atoms with Gasteiger partial charge in [-0.15, -0.1) is 0 Å². The lowest BCUT2D eigenvalue weighted by atomic mass is 9.84. The van der Waals surface area contributed by atoms with Gasteiger partial charge in [-0.3, -0.25) is 9.59 Å². The minimum Gasteiger partial charge on any atom is -0.348 e. The van der Waals surface area contributed by atoms with Crippen molar-refractivity contribution < 1.29 is 9.59 Å². The van der Waals surface area contributed by atoms with E-state index in [0.717, 1.165) is 11.1 Å². The summed E-state index contributed by atoms with van der Waals surface area (Å²) < 4.78 is 0. The second-order valence-corrected chi connectivity index (χ2v) is 5.32. The SMILES string of the molecule is [B]C(=O)N1CC=C(C(C(=O)CBr)c2ccccc2)CC1. The quantitative estimate of drug-likeness (QED) is 0.483. The molecule has 0 spiro atoms. The van der Waals surface area contributed by atoms with Gasteiger partial charge in [0.25, 0.3) is 0 Å². The van der Waals surface area contributed by atoms with E-state index in [4.69, 9.17) is 7.85 Å². The predicted molar refractivity (Wildman–Crippen MR) is 83.4 cm³/mol. The van der Waals surface area contributed by atoms with Crippen LogP contribution in [0.1, 0.15) is 17.9 Å². The summed E-state index contributed by atoms with van der Waals surface area (Å²) in [5.41, 5.74) is 2.06. The number of alkyl halides is 1. The Bertz CT molecular complexity index is 530. The summed E-state index contributed by atoms with van der Waals surface area (Å²) in [6.07, 6.45) is 2.63. The summed E-state index contributed by atoms with van der Waals surface area (Å²) in [7, 11) is 5.27. The molecule has 0 N–H and O–H groups in total. The van der Waals surface area contributed by atoms with Crippen LogP contribution in [0.2, 0.25) is 0 Å². The summed E-state index contributed by atoms with van der Waals surface area (Å²) in [6.45, 7) is 1.05. The van der Waals surface area contributed by atoms with Crippen molar-refractivity contribution >= 4 is 35.4 Å². The van der Waals surface area contributed by atoms with Crippen LogP contribution in [0.4, 0.5) is 4.79 Å². The topological polar surface area (TPSA) is 37.4 Å². The van der Waals surface area contributed by atoms with Crippen LogP contribution in [-0.2, 0) is 4.79 Å². The van der Waals surface area contributed by atoms with E-state index in [1.54, 1.807) is 4.90 Å². The zero-order chi connectivity index (χ0) is 14.5. The molecule has 20 heavy (non-hydrogen) atoms. The van der Waals surface area contributed by atoms with E-state index in [2.05, 4.69) is 15.9 Å². The van der Waals surface area contributed by atoms with Crippen molar-refractivity contribution in [2.75, 3.05) is 18.4 Å². The van der Waals surface area contributed by atoms with Crippen LogP contribution in [-0.4, -0.2) is 42.8 Å². The normalized spacial score (nSPS) is 16.4. The Hall–Kier alpha value is -1.36. The maximum atomic E-state index is 12.2. The van der Waals surface area contributed by atoms with Gasteiger partial charge < -0.3 is 4.90 Å². The summed E-state index contributed by atoms with van der Waals surface area (Å²) >= 11 is 3.25. The van der Waals surface area contributed by atoms with E-state index in [-0.39, 0.29) is 11.7 Å². The standard InChI is InChI=1S/C15H15BBrNO2/c16-15(20)18-8-6-12(7-9-18)14(13(19)10-17)11-4-2-1-3-5-11/h1-6,14H,7-10H2. The summed E-state index contributed by atoms with van der Waals surface area (Å²) in [4.78, 5) is 24.9. The molecule has 1 atom stereocenters. The highest BCUT2D eigenvalue weighted by Crippen LogP contribution is 2.30. The lowest BCUT2D eigenvalue weighted by Gasteiger charge is -2.29. The minimum absolute atomic E-state index is 0.134. The van der Waals surface area contributed by atoms with Gasteiger partial charge in [0.1, 0.15) is 0 Å². The molecule has 0 aromatic heterocycles. The van der Waals surface area contributed by atoms with Crippen molar-refractivity contribution in [1.82, 2.24) is 4.90 Å². The lowest BCUT2D eigenvalue weighted by Crippen LogP contribution is -2.35. The number of halogens is 1. The average molecular weight is 332 g/mol. The predicted octanol–water partition coefficient (Wildman–Crippen LogP) is 2.65. The van der Waals surface area contributed by atoms with Crippen LogP contribution in [0, 0.1) is 0 Å². The zero-order valence-corrected chi connectivity index (χ0v) is 12.7. The molecule has 2 rings (SSSR count). The van der Waals surface area contributed by atoms with Crippen LogP contribution in [0.15, 0.2) is 42.0 Å². The highest BCUT2D eigenvalue weighted by molar-refractivity contribution is 9.09. The molecular formula is C15H15BBrNO2. The van der Waals surface area contributed by atoms with E-state index in [1.807, 2.05) is 36.4 Å². The molecule has 1 amide bonds. The lowest BCUT2D eigenvalue weighted by molar-refractivity contribution is -0.117. The number of rotatable bonds is 4. The van der Waals surface area contributed by atoms with Crippen molar-refractivity contribution in [3.63, 3.8) is 0 Å². The van der Waals surface area contributed by atoms with Crippen LogP contribution in [0.25, 0.3) is 0 Å². The molecular weight excluding hydrogens is 317 g/mol. The number of benzene rings is 1. The van der Waals surface area contributed by atoms with Crippen molar-refractivity contribution in [3.05, 3.63) is 47.5 Å². The largest absolute Gasteiger partial charge is 0.348 e. The van der Waals surface area contributed by atoms with Gasteiger partial charge in [0, 0.05) is 13.1 Å². The minimum atomic E-state index is -0.414. The zero-order valence-electron chi connectivity index (χ0n) is 11.1. The van der Waals surface area contributed by atoms with E-state index >= 15 is 0 Å². The highest BCUT2D eigenvalue weighted by atomic mass is 79.9. The third kappa shape index (κ3) is 3.39. The molecule has 3 nitrogen and oxygen atoms in total. The molecule has 0 aliphatic carbocycles. The molecule has 1 aromatic rings. The Kier molecular flexibility index (Phi) is 5.18. The molecule has 2 radical (unpaired) electrons. The van der Waals surface area contributed by atoms with Gasteiger partial charge in [0.15, 0.2) is 11.6 Å². The number of carbonyl (C=O) groups excluding carboxylic acids is 2. The van der Waals surface area contributed by atoms with E-state index < -0.39 is 5.81 Å².